The molecule has 1 heterocycles. The first kappa shape index (κ1) is 17.7. The highest BCUT2D eigenvalue weighted by atomic mass is 32.2. The number of carbonyl (C=O) groups excluding carboxylic acids is 2. The molecule has 3 atom stereocenters. The van der Waals surface area contributed by atoms with Crippen LogP contribution in [0.3, 0.4) is 0 Å². The first-order valence-electron chi connectivity index (χ1n) is 7.46. The van der Waals surface area contributed by atoms with Gasteiger partial charge in [-0.1, -0.05) is 18.2 Å². The van der Waals surface area contributed by atoms with Crippen LogP contribution in [0.15, 0.2) is 24.3 Å². The molecule has 1 saturated heterocycles. The lowest BCUT2D eigenvalue weighted by Crippen LogP contribution is -2.56. The third kappa shape index (κ3) is 4.94. The van der Waals surface area contributed by atoms with Crippen LogP contribution in [0.25, 0.3) is 0 Å². The highest BCUT2D eigenvalue weighted by molar-refractivity contribution is 8.00. The van der Waals surface area contributed by atoms with Crippen LogP contribution in [0, 0.1) is 5.82 Å². The SMILES string of the molecule is COC[C@H](C)NC(=O)[C@@H]1CS[C@H](Cc2ccccc2F)C(=O)N1. The highest BCUT2D eigenvalue weighted by Crippen LogP contribution is 2.23. The number of hydrogen-bond acceptors (Lipinski definition) is 4. The van der Waals surface area contributed by atoms with Gasteiger partial charge in [0.25, 0.3) is 0 Å². The van der Waals surface area contributed by atoms with Crippen molar-refractivity contribution in [2.45, 2.75) is 30.7 Å². The Morgan fingerprint density at radius 3 is 2.91 bits per heavy atom. The molecule has 0 radical (unpaired) electrons. The Morgan fingerprint density at radius 2 is 2.26 bits per heavy atom. The molecule has 2 N–H and O–H groups in total. The number of halogens is 1. The smallest absolute Gasteiger partial charge is 0.243 e. The Morgan fingerprint density at radius 1 is 1.52 bits per heavy atom. The van der Waals surface area contributed by atoms with Gasteiger partial charge in [-0.15, -0.1) is 11.8 Å². The fourth-order valence-electron chi connectivity index (χ4n) is 2.39. The number of amides is 2. The summed E-state index contributed by atoms with van der Waals surface area (Å²) in [6.07, 6.45) is 0.317. The van der Waals surface area contributed by atoms with Gasteiger partial charge in [0.05, 0.1) is 11.9 Å². The standard InChI is InChI=1S/C16H21FN2O3S/c1-10(8-22-2)18-15(20)13-9-23-14(16(21)19-13)7-11-5-3-4-6-12(11)17/h3-6,10,13-14H,7-9H2,1-2H3,(H,18,20)(H,19,21)/t10-,13-,14+/m0/s1. The zero-order valence-electron chi connectivity index (χ0n) is 13.2. The van der Waals surface area contributed by atoms with Crippen LogP contribution in [0.2, 0.25) is 0 Å². The van der Waals surface area contributed by atoms with Crippen LogP contribution in [-0.2, 0) is 20.7 Å². The van der Waals surface area contributed by atoms with Gasteiger partial charge in [-0.3, -0.25) is 9.59 Å². The van der Waals surface area contributed by atoms with Crippen LogP contribution in [0.5, 0.6) is 0 Å². The summed E-state index contributed by atoms with van der Waals surface area (Å²) in [6.45, 7) is 2.25. The van der Waals surface area contributed by atoms with E-state index in [2.05, 4.69) is 10.6 Å². The van der Waals surface area contributed by atoms with Crippen LogP contribution in [-0.4, -0.2) is 48.6 Å². The van der Waals surface area contributed by atoms with Gasteiger partial charge in [0.15, 0.2) is 0 Å². The predicted octanol–water partition coefficient (Wildman–Crippen LogP) is 1.12. The van der Waals surface area contributed by atoms with Gasteiger partial charge in [0.2, 0.25) is 11.8 Å². The minimum Gasteiger partial charge on any atom is -0.383 e. The summed E-state index contributed by atoms with van der Waals surface area (Å²) in [6, 6.07) is 5.74. The summed E-state index contributed by atoms with van der Waals surface area (Å²) in [7, 11) is 1.56. The van der Waals surface area contributed by atoms with Crippen molar-refractivity contribution in [3.63, 3.8) is 0 Å². The molecule has 1 aliphatic rings. The van der Waals surface area contributed by atoms with E-state index >= 15 is 0 Å². The predicted molar refractivity (Wildman–Crippen MR) is 87.8 cm³/mol. The average molecular weight is 340 g/mol. The molecule has 1 aliphatic heterocycles. The largest absolute Gasteiger partial charge is 0.383 e. The number of nitrogens with one attached hydrogen (secondary N) is 2. The summed E-state index contributed by atoms with van der Waals surface area (Å²) < 4.78 is 18.6. The number of methoxy groups -OCH3 is 1. The Bertz CT molecular complexity index is 570. The Kier molecular flexibility index (Phi) is 6.41. The summed E-state index contributed by atoms with van der Waals surface area (Å²) >= 11 is 1.38. The molecule has 1 aromatic rings. The normalized spacial score (nSPS) is 22.3. The number of carbonyl (C=O) groups is 2. The van der Waals surface area contributed by atoms with Crippen molar-refractivity contribution in [1.82, 2.24) is 10.6 Å². The molecule has 7 heteroatoms. The van der Waals surface area contributed by atoms with Gasteiger partial charge in [-0.25, -0.2) is 4.39 Å². The van der Waals surface area contributed by atoms with Crippen molar-refractivity contribution in [2.75, 3.05) is 19.5 Å². The van der Waals surface area contributed by atoms with Crippen molar-refractivity contribution in [1.29, 1.82) is 0 Å². The molecule has 1 aromatic carbocycles. The minimum absolute atomic E-state index is 0.120. The third-order valence-electron chi connectivity index (χ3n) is 3.56. The fraction of sp³-hybridized carbons (Fsp3) is 0.500. The molecular formula is C16H21FN2O3S. The van der Waals surface area contributed by atoms with E-state index in [1.54, 1.807) is 25.3 Å². The second kappa shape index (κ2) is 8.31. The van der Waals surface area contributed by atoms with E-state index in [4.69, 9.17) is 4.74 Å². The molecule has 0 saturated carbocycles. The lowest BCUT2D eigenvalue weighted by Gasteiger charge is -2.29. The molecule has 0 bridgehead atoms. The second-order valence-electron chi connectivity index (χ2n) is 5.54. The third-order valence-corrected chi connectivity index (χ3v) is 4.87. The molecule has 23 heavy (non-hydrogen) atoms. The Hall–Kier alpha value is -1.60. The Labute approximate surface area is 139 Å². The molecule has 2 rings (SSSR count). The molecule has 126 valence electrons. The molecule has 1 fully saturated rings. The van der Waals surface area contributed by atoms with E-state index in [9.17, 15) is 14.0 Å². The lowest BCUT2D eigenvalue weighted by atomic mass is 10.1. The molecule has 2 amide bonds. The molecule has 0 aliphatic carbocycles. The van der Waals surface area contributed by atoms with Gasteiger partial charge in [-0.05, 0) is 25.0 Å². The highest BCUT2D eigenvalue weighted by Gasteiger charge is 2.33. The summed E-state index contributed by atoms with van der Waals surface area (Å²) in [4.78, 5) is 24.3. The molecule has 0 spiro atoms. The maximum atomic E-state index is 13.7. The van der Waals surface area contributed by atoms with E-state index in [1.807, 2.05) is 6.92 Å². The summed E-state index contributed by atoms with van der Waals surface area (Å²) in [5.41, 5.74) is 0.511. The van der Waals surface area contributed by atoms with Crippen LogP contribution < -0.4 is 10.6 Å². The number of benzene rings is 1. The van der Waals surface area contributed by atoms with E-state index in [0.29, 0.717) is 24.3 Å². The molecule has 5 nitrogen and oxygen atoms in total. The Balaban J connectivity index is 1.88. The monoisotopic (exact) mass is 340 g/mol. The van der Waals surface area contributed by atoms with Crippen LogP contribution in [0.4, 0.5) is 4.39 Å². The van der Waals surface area contributed by atoms with Crippen LogP contribution in [0.1, 0.15) is 12.5 Å². The number of rotatable bonds is 6. The summed E-state index contributed by atoms with van der Waals surface area (Å²) in [5, 5.41) is 5.13. The van der Waals surface area contributed by atoms with Gasteiger partial charge in [-0.2, -0.15) is 0 Å². The quantitative estimate of drug-likeness (QED) is 0.814. The number of ether oxygens (including phenoxy) is 1. The maximum Gasteiger partial charge on any atom is 0.243 e. The topological polar surface area (TPSA) is 67.4 Å². The zero-order valence-corrected chi connectivity index (χ0v) is 14.0. The molecule has 0 unspecified atom stereocenters. The van der Waals surface area contributed by atoms with Crippen LogP contribution >= 0.6 is 11.8 Å². The second-order valence-corrected chi connectivity index (χ2v) is 6.78. The zero-order chi connectivity index (χ0) is 16.8. The molecule has 0 aromatic heterocycles. The van der Waals surface area contributed by atoms with Crippen molar-refractivity contribution < 1.29 is 18.7 Å². The van der Waals surface area contributed by atoms with E-state index in [-0.39, 0.29) is 28.9 Å². The van der Waals surface area contributed by atoms with Gasteiger partial charge >= 0.3 is 0 Å². The summed E-state index contributed by atoms with van der Waals surface area (Å²) in [5.74, 6) is -0.297. The van der Waals surface area contributed by atoms with E-state index in [0.717, 1.165) is 0 Å². The lowest BCUT2D eigenvalue weighted by molar-refractivity contribution is -0.129. The minimum atomic E-state index is -0.566. The van der Waals surface area contributed by atoms with Gasteiger partial charge < -0.3 is 15.4 Å². The first-order chi connectivity index (χ1) is 11.0. The van der Waals surface area contributed by atoms with Gasteiger partial charge in [0, 0.05) is 18.9 Å². The van der Waals surface area contributed by atoms with Crippen molar-refractivity contribution in [3.05, 3.63) is 35.6 Å². The van der Waals surface area contributed by atoms with Crippen molar-refractivity contribution in [2.24, 2.45) is 0 Å². The van der Waals surface area contributed by atoms with Crippen molar-refractivity contribution >= 4 is 23.6 Å². The average Bonchev–Trinajstić information content (AvgIpc) is 2.51. The first-order valence-corrected chi connectivity index (χ1v) is 8.50. The van der Waals surface area contributed by atoms with Crippen molar-refractivity contribution in [3.8, 4) is 0 Å². The number of thioether (sulfide) groups is 1. The fourth-order valence-corrected chi connectivity index (χ4v) is 3.56. The van der Waals surface area contributed by atoms with E-state index in [1.165, 1.54) is 17.8 Å². The number of hydrogen-bond donors (Lipinski definition) is 2. The van der Waals surface area contributed by atoms with Gasteiger partial charge in [0.1, 0.15) is 11.9 Å². The van der Waals surface area contributed by atoms with E-state index < -0.39 is 6.04 Å². The molecular weight excluding hydrogens is 319 g/mol. The maximum absolute atomic E-state index is 13.7.